The Morgan fingerprint density at radius 1 is 1.50 bits per heavy atom. The van der Waals surface area contributed by atoms with Crippen LogP contribution in [0.2, 0.25) is 0 Å². The van der Waals surface area contributed by atoms with Crippen LogP contribution in [0, 0.1) is 18.3 Å². The van der Waals surface area contributed by atoms with Gasteiger partial charge in [-0.1, -0.05) is 6.07 Å². The molecule has 0 aliphatic rings. The van der Waals surface area contributed by atoms with Crippen LogP contribution in [0.25, 0.3) is 0 Å². The van der Waals surface area contributed by atoms with Gasteiger partial charge in [0.2, 0.25) is 0 Å². The van der Waals surface area contributed by atoms with Crippen molar-refractivity contribution in [1.82, 2.24) is 9.78 Å². The van der Waals surface area contributed by atoms with E-state index in [0.29, 0.717) is 16.8 Å². The van der Waals surface area contributed by atoms with Gasteiger partial charge >= 0.3 is 0 Å². The van der Waals surface area contributed by atoms with Crippen molar-refractivity contribution >= 4 is 11.6 Å². The molecule has 90 valence electrons. The average molecular weight is 240 g/mol. The number of anilines is 1. The van der Waals surface area contributed by atoms with E-state index in [2.05, 4.69) is 10.4 Å². The molecular weight excluding hydrogens is 228 g/mol. The maximum atomic E-state index is 11.9. The molecule has 1 heterocycles. The fourth-order valence-electron chi connectivity index (χ4n) is 1.56. The molecule has 2 aromatic rings. The average Bonchev–Trinajstić information content (AvgIpc) is 2.79. The zero-order chi connectivity index (χ0) is 13.1. The van der Waals surface area contributed by atoms with Crippen molar-refractivity contribution in [3.8, 4) is 6.07 Å². The number of aromatic nitrogens is 2. The van der Waals surface area contributed by atoms with Crippen LogP contribution in [0.3, 0.4) is 0 Å². The van der Waals surface area contributed by atoms with E-state index in [1.807, 2.05) is 13.0 Å². The molecule has 5 heteroatoms. The van der Waals surface area contributed by atoms with Crippen molar-refractivity contribution < 1.29 is 4.79 Å². The predicted molar refractivity (Wildman–Crippen MR) is 67.1 cm³/mol. The summed E-state index contributed by atoms with van der Waals surface area (Å²) < 4.78 is 1.56. The van der Waals surface area contributed by atoms with Gasteiger partial charge in [0.05, 0.1) is 23.4 Å². The number of nitrogens with zero attached hydrogens (tertiary/aromatic N) is 3. The van der Waals surface area contributed by atoms with Gasteiger partial charge in [0, 0.05) is 18.9 Å². The topological polar surface area (TPSA) is 70.7 Å². The summed E-state index contributed by atoms with van der Waals surface area (Å²) in [4.78, 5) is 11.9. The molecule has 18 heavy (non-hydrogen) atoms. The molecule has 0 bridgehead atoms. The second-order valence-electron chi connectivity index (χ2n) is 4.00. The third-order valence-electron chi connectivity index (χ3n) is 2.58. The lowest BCUT2D eigenvalue weighted by molar-refractivity contribution is 0.102. The molecule has 1 aromatic carbocycles. The van der Waals surface area contributed by atoms with Gasteiger partial charge in [0.25, 0.3) is 5.91 Å². The molecule has 1 amide bonds. The Hall–Kier alpha value is -2.61. The highest BCUT2D eigenvalue weighted by Gasteiger charge is 2.09. The quantitative estimate of drug-likeness (QED) is 0.870. The second-order valence-corrected chi connectivity index (χ2v) is 4.00. The maximum Gasteiger partial charge on any atom is 0.258 e. The molecule has 0 aliphatic heterocycles. The van der Waals surface area contributed by atoms with E-state index in [1.165, 1.54) is 6.20 Å². The molecule has 5 nitrogen and oxygen atoms in total. The van der Waals surface area contributed by atoms with Crippen LogP contribution in [-0.4, -0.2) is 15.7 Å². The normalized spacial score (nSPS) is 9.83. The third kappa shape index (κ3) is 2.38. The highest BCUT2D eigenvalue weighted by molar-refractivity contribution is 6.04. The van der Waals surface area contributed by atoms with Crippen LogP contribution in [0.1, 0.15) is 21.5 Å². The van der Waals surface area contributed by atoms with E-state index in [0.717, 1.165) is 5.56 Å². The first-order valence-corrected chi connectivity index (χ1v) is 5.41. The highest BCUT2D eigenvalue weighted by Crippen LogP contribution is 2.17. The fourth-order valence-corrected chi connectivity index (χ4v) is 1.56. The van der Waals surface area contributed by atoms with E-state index in [4.69, 9.17) is 5.26 Å². The Kier molecular flexibility index (Phi) is 3.11. The van der Waals surface area contributed by atoms with E-state index >= 15 is 0 Å². The Morgan fingerprint density at radius 3 is 2.89 bits per heavy atom. The van der Waals surface area contributed by atoms with Crippen molar-refractivity contribution in [3.05, 3.63) is 47.3 Å². The number of amides is 1. The summed E-state index contributed by atoms with van der Waals surface area (Å²) in [6.07, 6.45) is 3.14. The largest absolute Gasteiger partial charge is 0.322 e. The minimum atomic E-state index is -0.235. The fraction of sp³-hybridized carbons (Fsp3) is 0.154. The summed E-state index contributed by atoms with van der Waals surface area (Å²) in [5.41, 5.74) is 2.55. The number of benzene rings is 1. The summed E-state index contributed by atoms with van der Waals surface area (Å²) >= 11 is 0. The highest BCUT2D eigenvalue weighted by atomic mass is 16.1. The molecule has 0 fully saturated rings. The minimum absolute atomic E-state index is 0.235. The van der Waals surface area contributed by atoms with Crippen LogP contribution in [0.15, 0.2) is 30.6 Å². The monoisotopic (exact) mass is 240 g/mol. The number of carbonyl (C=O) groups excluding carboxylic acids is 1. The molecule has 0 radical (unpaired) electrons. The van der Waals surface area contributed by atoms with Gasteiger partial charge in [0.15, 0.2) is 0 Å². The summed E-state index contributed by atoms with van der Waals surface area (Å²) in [6.45, 7) is 1.88. The van der Waals surface area contributed by atoms with Crippen LogP contribution < -0.4 is 5.32 Å². The van der Waals surface area contributed by atoms with Crippen LogP contribution in [0.4, 0.5) is 5.69 Å². The number of nitrogens with one attached hydrogen (secondary N) is 1. The first kappa shape index (κ1) is 11.9. The number of carbonyl (C=O) groups is 1. The molecule has 0 saturated carbocycles. The molecular formula is C13H12N4O. The molecule has 0 unspecified atom stereocenters. The van der Waals surface area contributed by atoms with Crippen LogP contribution >= 0.6 is 0 Å². The molecule has 0 saturated heterocycles. The summed E-state index contributed by atoms with van der Waals surface area (Å²) in [7, 11) is 1.75. The second kappa shape index (κ2) is 4.72. The van der Waals surface area contributed by atoms with Crippen molar-refractivity contribution in [1.29, 1.82) is 5.26 Å². The molecule has 2 rings (SSSR count). The Labute approximate surface area is 105 Å². The summed E-state index contributed by atoms with van der Waals surface area (Å²) in [5, 5.41) is 15.5. The van der Waals surface area contributed by atoms with E-state index in [9.17, 15) is 4.79 Å². The Bertz CT molecular complexity index is 637. The SMILES string of the molecule is Cc1ccc(C#N)cc1NC(=O)c1cnn(C)c1. The van der Waals surface area contributed by atoms with Gasteiger partial charge in [-0.25, -0.2) is 0 Å². The van der Waals surface area contributed by atoms with E-state index in [-0.39, 0.29) is 5.91 Å². The van der Waals surface area contributed by atoms with Gasteiger partial charge in [-0.3, -0.25) is 9.48 Å². The number of hydrogen-bond donors (Lipinski definition) is 1. The lowest BCUT2D eigenvalue weighted by Crippen LogP contribution is -2.12. The minimum Gasteiger partial charge on any atom is -0.322 e. The van der Waals surface area contributed by atoms with Crippen molar-refractivity contribution in [2.45, 2.75) is 6.92 Å². The van der Waals surface area contributed by atoms with E-state index in [1.54, 1.807) is 36.1 Å². The van der Waals surface area contributed by atoms with Gasteiger partial charge in [-0.05, 0) is 24.6 Å². The summed E-state index contributed by atoms with van der Waals surface area (Å²) in [6, 6.07) is 7.22. The van der Waals surface area contributed by atoms with Crippen molar-refractivity contribution in [2.24, 2.45) is 7.05 Å². The van der Waals surface area contributed by atoms with E-state index < -0.39 is 0 Å². The number of aryl methyl sites for hydroxylation is 2. The van der Waals surface area contributed by atoms with Gasteiger partial charge in [-0.2, -0.15) is 10.4 Å². The van der Waals surface area contributed by atoms with Gasteiger partial charge in [-0.15, -0.1) is 0 Å². The zero-order valence-corrected chi connectivity index (χ0v) is 10.1. The van der Waals surface area contributed by atoms with Crippen LogP contribution in [-0.2, 0) is 7.05 Å². The zero-order valence-electron chi connectivity index (χ0n) is 10.1. The molecule has 0 atom stereocenters. The number of rotatable bonds is 2. The summed E-state index contributed by atoms with van der Waals surface area (Å²) in [5.74, 6) is -0.235. The third-order valence-corrected chi connectivity index (χ3v) is 2.58. The Balaban J connectivity index is 2.24. The molecule has 1 aromatic heterocycles. The van der Waals surface area contributed by atoms with Gasteiger partial charge in [0.1, 0.15) is 0 Å². The first-order chi connectivity index (χ1) is 8.60. The van der Waals surface area contributed by atoms with Crippen molar-refractivity contribution in [2.75, 3.05) is 5.32 Å². The standard InChI is InChI=1S/C13H12N4O/c1-9-3-4-10(6-14)5-12(9)16-13(18)11-7-15-17(2)8-11/h3-5,7-8H,1-2H3,(H,16,18). The number of nitriles is 1. The lowest BCUT2D eigenvalue weighted by Gasteiger charge is -2.07. The predicted octanol–water partition coefficient (Wildman–Crippen LogP) is 1.85. The van der Waals surface area contributed by atoms with Crippen molar-refractivity contribution in [3.63, 3.8) is 0 Å². The first-order valence-electron chi connectivity index (χ1n) is 5.41. The van der Waals surface area contributed by atoms with Crippen LogP contribution in [0.5, 0.6) is 0 Å². The smallest absolute Gasteiger partial charge is 0.258 e. The Morgan fingerprint density at radius 2 is 2.28 bits per heavy atom. The van der Waals surface area contributed by atoms with Gasteiger partial charge < -0.3 is 5.32 Å². The maximum absolute atomic E-state index is 11.9. The molecule has 0 spiro atoms. The molecule has 1 N–H and O–H groups in total. The number of hydrogen-bond acceptors (Lipinski definition) is 3. The lowest BCUT2D eigenvalue weighted by atomic mass is 10.1. The molecule has 0 aliphatic carbocycles.